The maximum Gasteiger partial charge on any atom is 0.293 e. The standard InChI is InChI=1S/C23H19ClF2N6O3S/c1-3-6-23(25,26)15-9-19(27-10-16(15)24)32-21(35)18-11-28-22(36-18)13(2)31-20(34)17-8-14(5-4-7-33)29-12-30-17/h3,6,8-13,33H,7H2,1-2H3,(H,31,34)(H,27,32,35)/b6-3+. The van der Waals surface area contributed by atoms with E-state index >= 15 is 0 Å². The van der Waals surface area contributed by atoms with Gasteiger partial charge in [-0.15, -0.1) is 11.3 Å². The van der Waals surface area contributed by atoms with Gasteiger partial charge in [0, 0.05) is 17.8 Å². The van der Waals surface area contributed by atoms with Crippen LogP contribution in [0.25, 0.3) is 0 Å². The lowest BCUT2D eigenvalue weighted by Crippen LogP contribution is -2.27. The minimum absolute atomic E-state index is 0.0629. The van der Waals surface area contributed by atoms with E-state index in [1.807, 2.05) is 0 Å². The number of halogens is 3. The SMILES string of the molecule is C/C=C/C(F)(F)c1cc(NC(=O)c2cnc(C(C)NC(=O)c3cc(C#CCO)ncn3)s2)ncc1Cl. The summed E-state index contributed by atoms with van der Waals surface area (Å²) < 4.78 is 28.5. The molecule has 0 aliphatic rings. The molecule has 0 bridgehead atoms. The highest BCUT2D eigenvalue weighted by molar-refractivity contribution is 7.13. The zero-order valence-electron chi connectivity index (χ0n) is 18.9. The van der Waals surface area contributed by atoms with E-state index < -0.39 is 29.3 Å². The topological polar surface area (TPSA) is 130 Å². The molecule has 0 fully saturated rings. The van der Waals surface area contributed by atoms with Gasteiger partial charge in [0.15, 0.2) is 0 Å². The Morgan fingerprint density at radius 1 is 1.22 bits per heavy atom. The second-order valence-corrected chi connectivity index (χ2v) is 8.60. The smallest absolute Gasteiger partial charge is 0.293 e. The van der Waals surface area contributed by atoms with Gasteiger partial charge in [-0.3, -0.25) is 9.59 Å². The van der Waals surface area contributed by atoms with Gasteiger partial charge >= 0.3 is 0 Å². The van der Waals surface area contributed by atoms with Crippen molar-refractivity contribution in [3.05, 3.63) is 74.9 Å². The molecule has 13 heteroatoms. The molecule has 2 amide bonds. The largest absolute Gasteiger partial charge is 0.384 e. The number of anilines is 1. The number of aromatic nitrogens is 4. The Balaban J connectivity index is 1.69. The van der Waals surface area contributed by atoms with Gasteiger partial charge in [0.1, 0.15) is 40.0 Å². The van der Waals surface area contributed by atoms with Gasteiger partial charge < -0.3 is 15.7 Å². The third-order valence-electron chi connectivity index (χ3n) is 4.49. The number of rotatable bonds is 7. The number of hydrogen-bond donors (Lipinski definition) is 3. The lowest BCUT2D eigenvalue weighted by molar-refractivity contribution is 0.0520. The van der Waals surface area contributed by atoms with Crippen molar-refractivity contribution in [3.8, 4) is 11.8 Å². The first-order valence-electron chi connectivity index (χ1n) is 10.3. The monoisotopic (exact) mass is 532 g/mol. The Kier molecular flexibility index (Phi) is 8.76. The van der Waals surface area contributed by atoms with Gasteiger partial charge in [0.25, 0.3) is 17.7 Å². The van der Waals surface area contributed by atoms with E-state index in [9.17, 15) is 18.4 Å². The van der Waals surface area contributed by atoms with Crippen molar-refractivity contribution in [2.45, 2.75) is 25.8 Å². The summed E-state index contributed by atoms with van der Waals surface area (Å²) >= 11 is 6.88. The van der Waals surface area contributed by atoms with Gasteiger partial charge in [-0.1, -0.05) is 23.6 Å². The molecule has 36 heavy (non-hydrogen) atoms. The highest BCUT2D eigenvalue weighted by Gasteiger charge is 2.31. The van der Waals surface area contributed by atoms with Crippen LogP contribution in [0.3, 0.4) is 0 Å². The highest BCUT2D eigenvalue weighted by atomic mass is 35.5. The summed E-state index contributed by atoms with van der Waals surface area (Å²) in [6, 6.07) is 1.80. The number of thiazole rings is 1. The number of nitrogens with zero attached hydrogens (tertiary/aromatic N) is 4. The van der Waals surface area contributed by atoms with Crippen LogP contribution in [0.2, 0.25) is 5.02 Å². The van der Waals surface area contributed by atoms with Crippen LogP contribution in [0, 0.1) is 11.8 Å². The molecule has 3 aromatic rings. The molecule has 0 saturated heterocycles. The molecule has 0 saturated carbocycles. The number of carbonyl (C=O) groups excluding carboxylic acids is 2. The van der Waals surface area contributed by atoms with Crippen molar-refractivity contribution in [1.82, 2.24) is 25.3 Å². The number of alkyl halides is 2. The first-order valence-corrected chi connectivity index (χ1v) is 11.5. The third kappa shape index (κ3) is 6.66. The fraction of sp³-hybridized carbons (Fsp3) is 0.217. The molecule has 3 heterocycles. The zero-order valence-corrected chi connectivity index (χ0v) is 20.5. The summed E-state index contributed by atoms with van der Waals surface area (Å²) in [7, 11) is 0. The Labute approximate surface area is 213 Å². The van der Waals surface area contributed by atoms with Crippen LogP contribution in [0.4, 0.5) is 14.6 Å². The summed E-state index contributed by atoms with van der Waals surface area (Å²) in [5, 5.41) is 14.1. The van der Waals surface area contributed by atoms with E-state index in [0.717, 1.165) is 23.6 Å². The fourth-order valence-corrected chi connectivity index (χ4v) is 3.89. The molecule has 3 aromatic heterocycles. The first kappa shape index (κ1) is 26.8. The zero-order chi connectivity index (χ0) is 26.3. The summed E-state index contributed by atoms with van der Waals surface area (Å²) in [5.74, 6) is 0.444. The fourth-order valence-electron chi connectivity index (χ4n) is 2.84. The normalized spacial score (nSPS) is 12.1. The average Bonchev–Trinajstić information content (AvgIpc) is 3.35. The molecule has 1 atom stereocenters. The van der Waals surface area contributed by atoms with E-state index in [2.05, 4.69) is 42.4 Å². The average molecular weight is 533 g/mol. The molecule has 0 radical (unpaired) electrons. The van der Waals surface area contributed by atoms with Crippen LogP contribution in [0.1, 0.15) is 56.3 Å². The van der Waals surface area contributed by atoms with Crippen LogP contribution in [0.15, 0.2) is 43.0 Å². The van der Waals surface area contributed by atoms with E-state index in [-0.39, 0.29) is 33.7 Å². The van der Waals surface area contributed by atoms with Crippen molar-refractivity contribution >= 4 is 40.6 Å². The number of hydrogen-bond acceptors (Lipinski definition) is 8. The molecule has 0 aromatic carbocycles. The summed E-state index contributed by atoms with van der Waals surface area (Å²) in [6.45, 7) is 2.78. The van der Waals surface area contributed by atoms with Gasteiger partial charge in [-0.25, -0.2) is 19.9 Å². The number of aliphatic hydroxyl groups excluding tert-OH is 1. The Bertz CT molecular complexity index is 1370. The van der Waals surface area contributed by atoms with E-state index in [4.69, 9.17) is 16.7 Å². The Hall–Kier alpha value is -3.79. The van der Waals surface area contributed by atoms with Crippen molar-refractivity contribution in [3.63, 3.8) is 0 Å². The minimum atomic E-state index is -3.34. The summed E-state index contributed by atoms with van der Waals surface area (Å²) in [6.07, 6.45) is 5.40. The van der Waals surface area contributed by atoms with E-state index in [1.54, 1.807) is 6.92 Å². The molecule has 3 N–H and O–H groups in total. The molecular weight excluding hydrogens is 514 g/mol. The predicted molar refractivity (Wildman–Crippen MR) is 130 cm³/mol. The Morgan fingerprint density at radius 3 is 2.72 bits per heavy atom. The molecule has 1 unspecified atom stereocenters. The number of amides is 2. The van der Waals surface area contributed by atoms with Crippen molar-refractivity contribution in [1.29, 1.82) is 0 Å². The second kappa shape index (κ2) is 11.8. The summed E-state index contributed by atoms with van der Waals surface area (Å²) in [5.41, 5.74) is -0.162. The van der Waals surface area contributed by atoms with Gasteiger partial charge in [0.05, 0.1) is 17.3 Å². The number of aliphatic hydroxyl groups is 1. The van der Waals surface area contributed by atoms with Gasteiger partial charge in [-0.2, -0.15) is 8.78 Å². The number of carbonyl (C=O) groups is 2. The van der Waals surface area contributed by atoms with Crippen LogP contribution in [-0.2, 0) is 5.92 Å². The van der Waals surface area contributed by atoms with Gasteiger partial charge in [0.2, 0.25) is 0 Å². The highest BCUT2D eigenvalue weighted by Crippen LogP contribution is 2.35. The Morgan fingerprint density at radius 2 is 2.00 bits per heavy atom. The van der Waals surface area contributed by atoms with Crippen LogP contribution < -0.4 is 10.6 Å². The third-order valence-corrected chi connectivity index (χ3v) is 5.97. The first-order chi connectivity index (χ1) is 17.1. The van der Waals surface area contributed by atoms with Crippen LogP contribution in [0.5, 0.6) is 0 Å². The molecule has 0 spiro atoms. The predicted octanol–water partition coefficient (Wildman–Crippen LogP) is 3.74. The maximum absolute atomic E-state index is 14.3. The number of allylic oxidation sites excluding steroid dienone is 2. The van der Waals surface area contributed by atoms with E-state index in [0.29, 0.717) is 11.1 Å². The molecular formula is C23H19ClF2N6O3S. The molecule has 3 rings (SSSR count). The lowest BCUT2D eigenvalue weighted by atomic mass is 10.1. The van der Waals surface area contributed by atoms with Crippen molar-refractivity contribution in [2.75, 3.05) is 11.9 Å². The molecule has 9 nitrogen and oxygen atoms in total. The lowest BCUT2D eigenvalue weighted by Gasteiger charge is -2.15. The maximum atomic E-state index is 14.3. The van der Waals surface area contributed by atoms with E-state index in [1.165, 1.54) is 31.6 Å². The number of pyridine rings is 1. The molecule has 186 valence electrons. The molecule has 0 aliphatic carbocycles. The van der Waals surface area contributed by atoms with Crippen LogP contribution >= 0.6 is 22.9 Å². The summed E-state index contributed by atoms with van der Waals surface area (Å²) in [4.78, 5) is 41.2. The number of nitrogens with one attached hydrogen (secondary N) is 2. The van der Waals surface area contributed by atoms with Gasteiger partial charge in [-0.05, 0) is 31.9 Å². The minimum Gasteiger partial charge on any atom is -0.384 e. The quantitative estimate of drug-likeness (QED) is 0.312. The molecule has 0 aliphatic heterocycles. The van der Waals surface area contributed by atoms with Crippen molar-refractivity contribution in [2.24, 2.45) is 0 Å². The van der Waals surface area contributed by atoms with Crippen LogP contribution in [-0.4, -0.2) is 43.5 Å². The van der Waals surface area contributed by atoms with Crippen molar-refractivity contribution < 1.29 is 23.5 Å². The second-order valence-electron chi connectivity index (χ2n) is 7.13.